The number of rotatable bonds is 5. The molecule has 2 saturated heterocycles. The van der Waals surface area contributed by atoms with E-state index >= 15 is 0 Å². The molecule has 4 aliphatic rings. The summed E-state index contributed by atoms with van der Waals surface area (Å²) in [4.78, 5) is 80.9. The van der Waals surface area contributed by atoms with Crippen molar-refractivity contribution in [3.8, 4) is 5.75 Å². The molecule has 2 bridgehead atoms. The molecule has 240 valence electrons. The maximum absolute atomic E-state index is 13.5. The maximum atomic E-state index is 13.5. The van der Waals surface area contributed by atoms with Crippen molar-refractivity contribution in [1.29, 1.82) is 0 Å². The molecule has 0 saturated carbocycles. The lowest BCUT2D eigenvalue weighted by Gasteiger charge is -2.31. The zero-order valence-corrected chi connectivity index (χ0v) is 25.4. The van der Waals surface area contributed by atoms with E-state index in [0.29, 0.717) is 50.3 Å². The number of cyclic esters (lactones) is 1. The van der Waals surface area contributed by atoms with E-state index in [2.05, 4.69) is 21.3 Å². The van der Waals surface area contributed by atoms with E-state index in [0.717, 1.165) is 0 Å². The molecule has 0 aromatic heterocycles. The Morgan fingerprint density at radius 2 is 1.73 bits per heavy atom. The lowest BCUT2D eigenvalue weighted by atomic mass is 10.0. The summed E-state index contributed by atoms with van der Waals surface area (Å²) >= 11 is 0. The lowest BCUT2D eigenvalue weighted by Crippen LogP contribution is -2.58. The second-order valence-corrected chi connectivity index (χ2v) is 11.7. The van der Waals surface area contributed by atoms with Crippen LogP contribution >= 0.6 is 0 Å². The summed E-state index contributed by atoms with van der Waals surface area (Å²) in [5.74, 6) is -2.20. The number of carbonyl (C=O) groups is 6. The zero-order chi connectivity index (χ0) is 31.8. The Morgan fingerprint density at radius 1 is 0.977 bits per heavy atom. The number of hydrogen-bond acceptors (Lipinski definition) is 8. The minimum Gasteiger partial charge on any atom is -0.484 e. The van der Waals surface area contributed by atoms with Crippen molar-refractivity contribution in [2.45, 2.75) is 70.6 Å². The number of nitrogens with zero attached hydrogens (tertiary/aromatic N) is 2. The van der Waals surface area contributed by atoms with Crippen molar-refractivity contribution in [2.75, 3.05) is 39.4 Å². The maximum Gasteiger partial charge on any atom is 0.409 e. The minimum atomic E-state index is -1.00. The first-order valence-electron chi connectivity index (χ1n) is 15.1. The summed E-state index contributed by atoms with van der Waals surface area (Å²) in [5.41, 5.74) is 0.712. The Balaban J connectivity index is 1.52. The first-order valence-corrected chi connectivity index (χ1v) is 15.1. The van der Waals surface area contributed by atoms with Gasteiger partial charge in [-0.1, -0.05) is 26.0 Å². The molecule has 4 aliphatic heterocycles. The molecule has 2 fully saturated rings. The van der Waals surface area contributed by atoms with Gasteiger partial charge in [-0.2, -0.15) is 0 Å². The number of hydrogen-bond donors (Lipinski definition) is 4. The molecule has 1 aromatic rings. The van der Waals surface area contributed by atoms with Gasteiger partial charge in [-0.15, -0.1) is 0 Å². The fourth-order valence-electron chi connectivity index (χ4n) is 5.44. The normalized spacial score (nSPS) is 25.5. The Labute approximate surface area is 256 Å². The van der Waals surface area contributed by atoms with Gasteiger partial charge in [-0.05, 0) is 49.8 Å². The van der Waals surface area contributed by atoms with Crippen molar-refractivity contribution in [1.82, 2.24) is 31.1 Å². The molecule has 0 aliphatic carbocycles. The van der Waals surface area contributed by atoms with Crippen LogP contribution in [0.5, 0.6) is 5.75 Å². The quantitative estimate of drug-likeness (QED) is 0.350. The SMILES string of the molecule is CC(C)[C@@H]1NC(=O)COc2ccc(cc2)C[C@@H](C(=O)NCCN2CCCOC2=O)NC(=O)[C@H](C)NC(=O)[C@H]2CCCN2C1=O. The van der Waals surface area contributed by atoms with E-state index < -0.39 is 53.9 Å². The van der Waals surface area contributed by atoms with Gasteiger partial charge in [0.25, 0.3) is 5.91 Å². The van der Waals surface area contributed by atoms with Gasteiger partial charge in [0.05, 0.1) is 6.61 Å². The number of ether oxygens (including phenoxy) is 2. The van der Waals surface area contributed by atoms with Crippen molar-refractivity contribution >= 4 is 35.6 Å². The third-order valence-corrected chi connectivity index (χ3v) is 7.94. The fraction of sp³-hybridized carbons (Fsp3) is 0.600. The van der Waals surface area contributed by atoms with Crippen LogP contribution < -0.4 is 26.0 Å². The molecule has 0 radical (unpaired) electrons. The van der Waals surface area contributed by atoms with Gasteiger partial charge >= 0.3 is 6.09 Å². The number of amides is 6. The predicted octanol–water partition coefficient (Wildman–Crippen LogP) is -0.299. The second-order valence-electron chi connectivity index (χ2n) is 11.7. The summed E-state index contributed by atoms with van der Waals surface area (Å²) < 4.78 is 10.7. The minimum absolute atomic E-state index is 0.131. The molecule has 6 amide bonds. The van der Waals surface area contributed by atoms with E-state index in [4.69, 9.17) is 9.47 Å². The highest BCUT2D eigenvalue weighted by atomic mass is 16.6. The molecule has 5 rings (SSSR count). The highest BCUT2D eigenvalue weighted by Crippen LogP contribution is 2.21. The number of carbonyl (C=O) groups excluding carboxylic acids is 6. The van der Waals surface area contributed by atoms with Gasteiger partial charge in [-0.3, -0.25) is 24.0 Å². The molecule has 0 spiro atoms. The number of fused-ring (bicyclic) bond motifs is 13. The van der Waals surface area contributed by atoms with Crippen LogP contribution in [0.15, 0.2) is 24.3 Å². The molecule has 4 N–H and O–H groups in total. The van der Waals surface area contributed by atoms with Gasteiger partial charge < -0.3 is 40.5 Å². The smallest absolute Gasteiger partial charge is 0.409 e. The van der Waals surface area contributed by atoms with Crippen LogP contribution in [0, 0.1) is 5.92 Å². The molecule has 14 nitrogen and oxygen atoms in total. The molecule has 14 heteroatoms. The Hall–Kier alpha value is -4.36. The molecule has 44 heavy (non-hydrogen) atoms. The van der Waals surface area contributed by atoms with Crippen molar-refractivity contribution in [2.24, 2.45) is 5.92 Å². The average Bonchev–Trinajstić information content (AvgIpc) is 3.49. The molecular formula is C30H42N6O8. The van der Waals surface area contributed by atoms with E-state index in [9.17, 15) is 28.8 Å². The predicted molar refractivity (Wildman–Crippen MR) is 157 cm³/mol. The summed E-state index contributed by atoms with van der Waals surface area (Å²) in [6, 6.07) is 3.09. The molecule has 4 heterocycles. The Morgan fingerprint density at radius 3 is 2.43 bits per heavy atom. The van der Waals surface area contributed by atoms with E-state index in [1.807, 2.05) is 13.8 Å². The number of nitrogens with one attached hydrogen (secondary N) is 4. The van der Waals surface area contributed by atoms with Crippen LogP contribution in [0.2, 0.25) is 0 Å². The Kier molecular flexibility index (Phi) is 11.0. The fourth-order valence-corrected chi connectivity index (χ4v) is 5.44. The second kappa shape index (κ2) is 14.9. The van der Waals surface area contributed by atoms with Gasteiger partial charge in [0.2, 0.25) is 23.6 Å². The molecule has 0 unspecified atom stereocenters. The van der Waals surface area contributed by atoms with Gasteiger partial charge in [0, 0.05) is 32.6 Å². The van der Waals surface area contributed by atoms with Crippen LogP contribution in [-0.4, -0.2) is 109 Å². The van der Waals surface area contributed by atoms with E-state index in [-0.39, 0.29) is 37.9 Å². The average molecular weight is 615 g/mol. The van der Waals surface area contributed by atoms with Crippen LogP contribution in [0.1, 0.15) is 45.6 Å². The Bertz CT molecular complexity index is 1240. The lowest BCUT2D eigenvalue weighted by molar-refractivity contribution is -0.143. The highest BCUT2D eigenvalue weighted by molar-refractivity contribution is 5.96. The van der Waals surface area contributed by atoms with Crippen molar-refractivity contribution < 1.29 is 38.2 Å². The third-order valence-electron chi connectivity index (χ3n) is 7.94. The summed E-state index contributed by atoms with van der Waals surface area (Å²) in [5, 5.41) is 11.0. The number of benzene rings is 1. The van der Waals surface area contributed by atoms with Gasteiger partial charge in [0.15, 0.2) is 6.61 Å². The third kappa shape index (κ3) is 8.38. The van der Waals surface area contributed by atoms with Gasteiger partial charge in [-0.25, -0.2) is 4.79 Å². The zero-order valence-electron chi connectivity index (χ0n) is 25.4. The van der Waals surface area contributed by atoms with Crippen molar-refractivity contribution in [3.05, 3.63) is 29.8 Å². The van der Waals surface area contributed by atoms with E-state index in [1.54, 1.807) is 24.3 Å². The molecular weight excluding hydrogens is 572 g/mol. The van der Waals surface area contributed by atoms with E-state index in [1.165, 1.54) is 16.7 Å². The molecule has 4 atom stereocenters. The molecule has 1 aromatic carbocycles. The van der Waals surface area contributed by atoms with Gasteiger partial charge in [0.1, 0.15) is 29.9 Å². The summed E-state index contributed by atoms with van der Waals surface area (Å²) in [6.07, 6.45) is 1.41. The summed E-state index contributed by atoms with van der Waals surface area (Å²) in [7, 11) is 0. The van der Waals surface area contributed by atoms with Crippen LogP contribution in [0.4, 0.5) is 4.79 Å². The van der Waals surface area contributed by atoms with Crippen LogP contribution in [-0.2, 0) is 35.1 Å². The van der Waals surface area contributed by atoms with Crippen LogP contribution in [0.25, 0.3) is 0 Å². The van der Waals surface area contributed by atoms with Crippen LogP contribution in [0.3, 0.4) is 0 Å². The summed E-state index contributed by atoms with van der Waals surface area (Å²) in [6.45, 7) is 6.47. The standard InChI is InChI=1S/C30H42N6O8/c1-18(2)25-29(41)36-13-4-6-23(36)28(40)32-19(3)26(38)33-22(27(39)31-11-14-35-12-5-15-43-30(35)42)16-20-7-9-21(10-8-20)44-17-24(37)34-25/h7-10,18-19,22-23,25H,4-6,11-17H2,1-3H3,(H,31,39)(H,32,40)(H,33,38)(H,34,37)/t19-,22-,23+,25-/m0/s1. The first kappa shape index (κ1) is 32.6. The largest absolute Gasteiger partial charge is 0.484 e. The topological polar surface area (TPSA) is 175 Å². The monoisotopic (exact) mass is 614 g/mol. The highest BCUT2D eigenvalue weighted by Gasteiger charge is 2.39. The van der Waals surface area contributed by atoms with Crippen molar-refractivity contribution in [3.63, 3.8) is 0 Å². The first-order chi connectivity index (χ1) is 21.0.